The van der Waals surface area contributed by atoms with Gasteiger partial charge in [0.2, 0.25) is 11.8 Å². The Bertz CT molecular complexity index is 582. The lowest BCUT2D eigenvalue weighted by Crippen LogP contribution is -2.19. The van der Waals surface area contributed by atoms with Gasteiger partial charge in [0.25, 0.3) is 0 Å². The van der Waals surface area contributed by atoms with E-state index in [1.165, 1.54) is 20.3 Å². The normalized spacial score (nSPS) is 11.2. The second-order valence-corrected chi connectivity index (χ2v) is 3.83. The largest absolute Gasteiger partial charge is 0.481 e. The van der Waals surface area contributed by atoms with Crippen LogP contribution in [-0.2, 0) is 14.3 Å². The maximum atomic E-state index is 11.8. The van der Waals surface area contributed by atoms with Crippen molar-refractivity contribution in [3.8, 4) is 11.9 Å². The maximum absolute atomic E-state index is 11.8. The number of halogens is 3. The van der Waals surface area contributed by atoms with Gasteiger partial charge in [0, 0.05) is 18.2 Å². The van der Waals surface area contributed by atoms with Crippen LogP contribution in [0.25, 0.3) is 0 Å². The highest BCUT2D eigenvalue weighted by Gasteiger charge is 2.29. The van der Waals surface area contributed by atoms with Crippen molar-refractivity contribution in [3.05, 3.63) is 18.2 Å². The number of nitrogens with zero attached hydrogens (tertiary/aromatic N) is 2. The number of nitrogens with one attached hydrogen (secondary N) is 1. The summed E-state index contributed by atoms with van der Waals surface area (Å²) in [7, 11) is 2.64. The summed E-state index contributed by atoms with van der Waals surface area (Å²) in [5.41, 5.74) is 0. The first-order valence-electron chi connectivity index (χ1n) is 5.93. The van der Waals surface area contributed by atoms with Crippen LogP contribution in [0.2, 0.25) is 0 Å². The number of anilines is 1. The van der Waals surface area contributed by atoms with Crippen LogP contribution in [0.3, 0.4) is 0 Å². The van der Waals surface area contributed by atoms with Crippen LogP contribution in [0.4, 0.5) is 19.0 Å². The maximum Gasteiger partial charge on any atom is 0.422 e. The molecular formula is C12H12F3N3O5. The van der Waals surface area contributed by atoms with E-state index >= 15 is 0 Å². The number of hydrogen-bond donors (Lipinski definition) is 1. The molecule has 126 valence electrons. The van der Waals surface area contributed by atoms with Gasteiger partial charge in [0.1, 0.15) is 5.82 Å². The van der Waals surface area contributed by atoms with Crippen LogP contribution < -0.4 is 14.8 Å². The van der Waals surface area contributed by atoms with Gasteiger partial charge in [-0.05, 0) is 0 Å². The lowest BCUT2D eigenvalue weighted by molar-refractivity contribution is -0.182. The SMILES string of the molecule is COc1cc(NC(=O)/C=C\C(=O)OCC(F)(F)F)nc(OC)n1. The zero-order valence-electron chi connectivity index (χ0n) is 12.0. The molecule has 8 nitrogen and oxygen atoms in total. The van der Waals surface area contributed by atoms with Crippen LogP contribution in [0, 0.1) is 0 Å². The van der Waals surface area contributed by atoms with Crippen LogP contribution >= 0.6 is 0 Å². The number of esters is 1. The van der Waals surface area contributed by atoms with Crippen molar-refractivity contribution < 1.29 is 37.0 Å². The second-order valence-electron chi connectivity index (χ2n) is 3.83. The van der Waals surface area contributed by atoms with E-state index in [2.05, 4.69) is 20.0 Å². The van der Waals surface area contributed by atoms with E-state index in [-0.39, 0.29) is 17.7 Å². The summed E-state index contributed by atoms with van der Waals surface area (Å²) in [5.74, 6) is -2.01. The summed E-state index contributed by atoms with van der Waals surface area (Å²) < 4.78 is 49.0. The van der Waals surface area contributed by atoms with Crippen molar-refractivity contribution in [1.29, 1.82) is 0 Å². The number of carbonyl (C=O) groups excluding carboxylic acids is 2. The molecule has 1 aromatic rings. The van der Waals surface area contributed by atoms with E-state index in [9.17, 15) is 22.8 Å². The molecule has 0 bridgehead atoms. The van der Waals surface area contributed by atoms with E-state index in [0.717, 1.165) is 0 Å². The summed E-state index contributed by atoms with van der Waals surface area (Å²) in [5, 5.41) is 2.25. The Labute approximate surface area is 128 Å². The van der Waals surface area contributed by atoms with E-state index in [4.69, 9.17) is 9.47 Å². The predicted molar refractivity (Wildman–Crippen MR) is 69.9 cm³/mol. The summed E-state index contributed by atoms with van der Waals surface area (Å²) in [6, 6.07) is 1.20. The first-order chi connectivity index (χ1) is 10.7. The molecule has 0 unspecified atom stereocenters. The van der Waals surface area contributed by atoms with Gasteiger partial charge in [-0.25, -0.2) is 4.79 Å². The number of amides is 1. The van der Waals surface area contributed by atoms with Gasteiger partial charge in [0.15, 0.2) is 6.61 Å². The fourth-order valence-electron chi connectivity index (χ4n) is 1.18. The minimum Gasteiger partial charge on any atom is -0.481 e. The molecule has 0 aliphatic rings. The highest BCUT2D eigenvalue weighted by Crippen LogP contribution is 2.17. The van der Waals surface area contributed by atoms with E-state index in [1.807, 2.05) is 0 Å². The Morgan fingerprint density at radius 2 is 1.91 bits per heavy atom. The molecule has 1 N–H and O–H groups in total. The highest BCUT2D eigenvalue weighted by atomic mass is 19.4. The molecule has 0 aliphatic carbocycles. The molecule has 1 amide bonds. The molecule has 1 rings (SSSR count). The summed E-state index contributed by atoms with van der Waals surface area (Å²) in [6.45, 7) is -1.74. The Hall–Kier alpha value is -2.85. The molecule has 11 heteroatoms. The molecule has 0 aliphatic heterocycles. The van der Waals surface area contributed by atoms with E-state index < -0.39 is 24.7 Å². The first-order valence-corrected chi connectivity index (χ1v) is 5.93. The standard InChI is InChI=1S/C12H12F3N3O5/c1-21-9-5-7(17-11(18-9)22-2)16-8(19)3-4-10(20)23-6-12(13,14)15/h3-5H,6H2,1-2H3,(H,16,17,18,19)/b4-3-. The number of methoxy groups -OCH3 is 2. The Morgan fingerprint density at radius 3 is 2.48 bits per heavy atom. The number of ether oxygens (including phenoxy) is 3. The van der Waals surface area contributed by atoms with Gasteiger partial charge in [-0.1, -0.05) is 0 Å². The molecule has 0 saturated carbocycles. The minimum absolute atomic E-state index is 0.00649. The topological polar surface area (TPSA) is 99.6 Å². The van der Waals surface area contributed by atoms with Crippen LogP contribution in [0.5, 0.6) is 11.9 Å². The van der Waals surface area contributed by atoms with Crippen molar-refractivity contribution in [1.82, 2.24) is 9.97 Å². The molecule has 1 heterocycles. The van der Waals surface area contributed by atoms with Gasteiger partial charge >= 0.3 is 18.2 Å². The number of hydrogen-bond acceptors (Lipinski definition) is 7. The van der Waals surface area contributed by atoms with Crippen molar-refractivity contribution in [2.24, 2.45) is 0 Å². The molecule has 0 fully saturated rings. The summed E-state index contributed by atoms with van der Waals surface area (Å²) >= 11 is 0. The fraction of sp³-hybridized carbons (Fsp3) is 0.333. The first kappa shape index (κ1) is 18.2. The molecule has 0 spiro atoms. The van der Waals surface area contributed by atoms with Crippen molar-refractivity contribution in [2.45, 2.75) is 6.18 Å². The van der Waals surface area contributed by atoms with Gasteiger partial charge in [-0.15, -0.1) is 0 Å². The third-order valence-electron chi connectivity index (χ3n) is 2.07. The third-order valence-corrected chi connectivity index (χ3v) is 2.07. The molecule has 0 radical (unpaired) electrons. The molecule has 0 atom stereocenters. The zero-order chi connectivity index (χ0) is 17.5. The number of aromatic nitrogens is 2. The average Bonchev–Trinajstić information content (AvgIpc) is 2.49. The Balaban J connectivity index is 2.62. The lowest BCUT2D eigenvalue weighted by atomic mass is 10.4. The van der Waals surface area contributed by atoms with Gasteiger partial charge in [0.05, 0.1) is 14.2 Å². The molecule has 0 saturated heterocycles. The second kappa shape index (κ2) is 7.96. The van der Waals surface area contributed by atoms with Gasteiger partial charge in [-0.2, -0.15) is 23.1 Å². The summed E-state index contributed by atoms with van der Waals surface area (Å²) in [4.78, 5) is 30.1. The van der Waals surface area contributed by atoms with E-state index in [1.54, 1.807) is 0 Å². The van der Waals surface area contributed by atoms with Crippen molar-refractivity contribution >= 4 is 17.7 Å². The number of rotatable bonds is 6. The Morgan fingerprint density at radius 1 is 1.22 bits per heavy atom. The van der Waals surface area contributed by atoms with Crippen LogP contribution in [0.15, 0.2) is 18.2 Å². The lowest BCUT2D eigenvalue weighted by Gasteiger charge is -2.06. The molecule has 23 heavy (non-hydrogen) atoms. The Kier molecular flexibility index (Phi) is 6.30. The van der Waals surface area contributed by atoms with E-state index in [0.29, 0.717) is 12.2 Å². The quantitative estimate of drug-likeness (QED) is 0.613. The molecule has 1 aromatic heterocycles. The number of carbonyl (C=O) groups is 2. The highest BCUT2D eigenvalue weighted by molar-refractivity contribution is 6.02. The molecule has 0 aromatic carbocycles. The van der Waals surface area contributed by atoms with Crippen molar-refractivity contribution in [2.75, 3.05) is 26.1 Å². The van der Waals surface area contributed by atoms with Crippen LogP contribution in [-0.4, -0.2) is 48.8 Å². The fourth-order valence-corrected chi connectivity index (χ4v) is 1.18. The monoisotopic (exact) mass is 335 g/mol. The zero-order valence-corrected chi connectivity index (χ0v) is 12.0. The third kappa shape index (κ3) is 7.11. The summed E-state index contributed by atoms with van der Waals surface area (Å²) in [6.07, 6.45) is -3.39. The van der Waals surface area contributed by atoms with Crippen LogP contribution in [0.1, 0.15) is 0 Å². The number of alkyl halides is 3. The van der Waals surface area contributed by atoms with Gasteiger partial charge in [-0.3, -0.25) is 4.79 Å². The predicted octanol–water partition coefficient (Wildman–Crippen LogP) is 1.09. The van der Waals surface area contributed by atoms with Gasteiger partial charge < -0.3 is 19.5 Å². The molecular weight excluding hydrogens is 323 g/mol. The smallest absolute Gasteiger partial charge is 0.422 e. The minimum atomic E-state index is -4.64. The average molecular weight is 335 g/mol. The van der Waals surface area contributed by atoms with Crippen molar-refractivity contribution in [3.63, 3.8) is 0 Å².